The lowest BCUT2D eigenvalue weighted by Crippen LogP contribution is -2.52. The van der Waals surface area contributed by atoms with Crippen LogP contribution in [-0.2, 0) is 22.6 Å². The molecule has 4 nitrogen and oxygen atoms in total. The molecule has 0 aromatic heterocycles. The summed E-state index contributed by atoms with van der Waals surface area (Å²) in [6.45, 7) is 5.84. The highest BCUT2D eigenvalue weighted by Crippen LogP contribution is 2.22. The van der Waals surface area contributed by atoms with Gasteiger partial charge in [0.1, 0.15) is 11.9 Å². The van der Waals surface area contributed by atoms with E-state index in [4.69, 9.17) is 0 Å². The summed E-state index contributed by atoms with van der Waals surface area (Å²) in [5.41, 5.74) is 2.51. The van der Waals surface area contributed by atoms with Crippen LogP contribution in [0.5, 0.6) is 0 Å². The lowest BCUT2D eigenvalue weighted by Gasteiger charge is -2.32. The lowest BCUT2D eigenvalue weighted by molar-refractivity contribution is -0.141. The van der Waals surface area contributed by atoms with E-state index >= 15 is 0 Å². The van der Waals surface area contributed by atoms with E-state index in [1.165, 1.54) is 11.6 Å². The maximum Gasteiger partial charge on any atom is 0.243 e. The fourth-order valence-corrected chi connectivity index (χ4v) is 4.62. The molecule has 0 radical (unpaired) electrons. The molecular weight excluding hydrogens is 459 g/mol. The van der Waals surface area contributed by atoms with Gasteiger partial charge in [-0.3, -0.25) is 9.59 Å². The van der Waals surface area contributed by atoms with Crippen molar-refractivity contribution in [2.45, 2.75) is 57.1 Å². The van der Waals surface area contributed by atoms with Gasteiger partial charge in [-0.2, -0.15) is 0 Å². The average molecular weight is 493 g/mol. The van der Waals surface area contributed by atoms with E-state index in [-0.39, 0.29) is 36.6 Å². The van der Waals surface area contributed by atoms with Crippen molar-refractivity contribution >= 4 is 23.6 Å². The molecule has 0 spiro atoms. The molecule has 2 amide bonds. The summed E-state index contributed by atoms with van der Waals surface area (Å²) < 4.78 is 14.6. The Balaban J connectivity index is 1.85. The normalized spacial score (nSPS) is 11.8. The van der Waals surface area contributed by atoms with Crippen molar-refractivity contribution in [2.75, 3.05) is 5.75 Å². The van der Waals surface area contributed by atoms with Gasteiger partial charge in [0.2, 0.25) is 11.8 Å². The van der Waals surface area contributed by atoms with Crippen molar-refractivity contribution in [1.29, 1.82) is 0 Å². The Bertz CT molecular complexity index is 1100. The number of rotatable bonds is 11. The summed E-state index contributed by atoms with van der Waals surface area (Å²) in [6, 6.07) is 23.3. The van der Waals surface area contributed by atoms with E-state index in [1.54, 1.807) is 34.9 Å². The number of thioether (sulfide) groups is 1. The second kappa shape index (κ2) is 13.1. The van der Waals surface area contributed by atoms with E-state index in [9.17, 15) is 14.0 Å². The number of benzene rings is 3. The van der Waals surface area contributed by atoms with Gasteiger partial charge >= 0.3 is 0 Å². The number of amides is 2. The minimum Gasteiger partial charge on any atom is -0.352 e. The Labute approximate surface area is 211 Å². The number of carbonyl (C=O) groups is 2. The molecule has 1 atom stereocenters. The van der Waals surface area contributed by atoms with Gasteiger partial charge in [-0.1, -0.05) is 66.2 Å². The maximum atomic E-state index is 14.6. The molecule has 0 aliphatic carbocycles. The SMILES string of the molecule is Cc1ccc(SCCC(=O)N(Cc2ccccc2F)[C@@H](Cc2ccccc2)C(=O)NC(C)C)cc1. The van der Waals surface area contributed by atoms with Crippen LogP contribution < -0.4 is 5.32 Å². The van der Waals surface area contributed by atoms with Crippen LogP contribution in [0.15, 0.2) is 83.8 Å². The number of nitrogens with zero attached hydrogens (tertiary/aromatic N) is 1. The Hall–Kier alpha value is -3.12. The van der Waals surface area contributed by atoms with Crippen LogP contribution in [0.1, 0.15) is 37.0 Å². The van der Waals surface area contributed by atoms with Crippen LogP contribution in [0.4, 0.5) is 4.39 Å². The standard InChI is InChI=1S/C29H33FN2O2S/c1-21(2)31-29(34)27(19-23-9-5-4-6-10-23)32(20-24-11-7-8-12-26(24)30)28(33)17-18-35-25-15-13-22(3)14-16-25/h4-16,21,27H,17-20H2,1-3H3,(H,31,34)/t27-/m0/s1. The van der Waals surface area contributed by atoms with Gasteiger partial charge in [-0.05, 0) is 44.5 Å². The summed E-state index contributed by atoms with van der Waals surface area (Å²) in [4.78, 5) is 29.5. The van der Waals surface area contributed by atoms with Gasteiger partial charge in [0.15, 0.2) is 0 Å². The molecule has 0 aliphatic heterocycles. The topological polar surface area (TPSA) is 49.4 Å². The number of aryl methyl sites for hydroxylation is 1. The van der Waals surface area contributed by atoms with Crippen molar-refractivity contribution in [3.8, 4) is 0 Å². The van der Waals surface area contributed by atoms with E-state index in [1.807, 2.05) is 75.4 Å². The molecule has 3 rings (SSSR count). The van der Waals surface area contributed by atoms with Crippen LogP contribution in [0, 0.1) is 12.7 Å². The molecule has 0 unspecified atom stereocenters. The molecular formula is C29H33FN2O2S. The molecule has 0 saturated heterocycles. The molecule has 0 bridgehead atoms. The zero-order valence-corrected chi connectivity index (χ0v) is 21.4. The van der Waals surface area contributed by atoms with E-state index in [2.05, 4.69) is 5.32 Å². The molecule has 3 aromatic carbocycles. The molecule has 0 aliphatic rings. The quantitative estimate of drug-likeness (QED) is 0.345. The van der Waals surface area contributed by atoms with Crippen molar-refractivity contribution in [1.82, 2.24) is 10.2 Å². The number of carbonyl (C=O) groups excluding carboxylic acids is 2. The first kappa shape index (κ1) is 26.5. The third-order valence-electron chi connectivity index (χ3n) is 5.61. The van der Waals surface area contributed by atoms with Gasteiger partial charge in [-0.25, -0.2) is 4.39 Å². The van der Waals surface area contributed by atoms with Gasteiger partial charge in [-0.15, -0.1) is 11.8 Å². The molecule has 0 heterocycles. The van der Waals surface area contributed by atoms with Crippen LogP contribution in [0.3, 0.4) is 0 Å². The fourth-order valence-electron chi connectivity index (χ4n) is 3.78. The van der Waals surface area contributed by atoms with Crippen LogP contribution in [0.2, 0.25) is 0 Å². The number of hydrogen-bond donors (Lipinski definition) is 1. The Kier molecular flexibility index (Phi) is 9.91. The molecule has 1 N–H and O–H groups in total. The highest BCUT2D eigenvalue weighted by atomic mass is 32.2. The monoisotopic (exact) mass is 492 g/mol. The Morgan fingerprint density at radius 1 is 0.943 bits per heavy atom. The summed E-state index contributed by atoms with van der Waals surface area (Å²) in [5.74, 6) is -0.228. The number of nitrogens with one attached hydrogen (secondary N) is 1. The van der Waals surface area contributed by atoms with E-state index < -0.39 is 6.04 Å². The Morgan fingerprint density at radius 2 is 1.60 bits per heavy atom. The molecule has 6 heteroatoms. The molecule has 35 heavy (non-hydrogen) atoms. The molecule has 184 valence electrons. The first-order valence-corrected chi connectivity index (χ1v) is 12.9. The summed E-state index contributed by atoms with van der Waals surface area (Å²) in [6.07, 6.45) is 0.595. The summed E-state index contributed by atoms with van der Waals surface area (Å²) >= 11 is 1.60. The molecule has 0 saturated carbocycles. The Morgan fingerprint density at radius 3 is 2.26 bits per heavy atom. The largest absolute Gasteiger partial charge is 0.352 e. The first-order valence-electron chi connectivity index (χ1n) is 11.9. The predicted molar refractivity (Wildman–Crippen MR) is 141 cm³/mol. The number of halogens is 1. The van der Waals surface area contributed by atoms with Crippen molar-refractivity contribution in [2.24, 2.45) is 0 Å². The van der Waals surface area contributed by atoms with Gasteiger partial charge in [0.05, 0.1) is 0 Å². The third kappa shape index (κ3) is 8.25. The third-order valence-corrected chi connectivity index (χ3v) is 6.62. The van der Waals surface area contributed by atoms with Crippen LogP contribution >= 0.6 is 11.8 Å². The summed E-state index contributed by atoms with van der Waals surface area (Å²) in [7, 11) is 0. The zero-order valence-electron chi connectivity index (χ0n) is 20.5. The summed E-state index contributed by atoms with van der Waals surface area (Å²) in [5, 5.41) is 2.95. The highest BCUT2D eigenvalue weighted by molar-refractivity contribution is 7.99. The van der Waals surface area contributed by atoms with Gasteiger partial charge in [0.25, 0.3) is 0 Å². The molecule has 0 fully saturated rings. The first-order chi connectivity index (χ1) is 16.8. The minimum atomic E-state index is -0.753. The van der Waals surface area contributed by atoms with Crippen LogP contribution in [-0.4, -0.2) is 34.6 Å². The van der Waals surface area contributed by atoms with Crippen LogP contribution in [0.25, 0.3) is 0 Å². The van der Waals surface area contributed by atoms with Gasteiger partial charge < -0.3 is 10.2 Å². The number of hydrogen-bond acceptors (Lipinski definition) is 3. The molecule has 3 aromatic rings. The smallest absolute Gasteiger partial charge is 0.243 e. The minimum absolute atomic E-state index is 0.0315. The zero-order chi connectivity index (χ0) is 25.2. The van der Waals surface area contributed by atoms with Gasteiger partial charge in [0, 0.05) is 41.6 Å². The average Bonchev–Trinajstić information content (AvgIpc) is 2.83. The lowest BCUT2D eigenvalue weighted by atomic mass is 10.0. The van der Waals surface area contributed by atoms with Crippen molar-refractivity contribution in [3.63, 3.8) is 0 Å². The van der Waals surface area contributed by atoms with E-state index in [0.717, 1.165) is 10.5 Å². The van der Waals surface area contributed by atoms with Crippen molar-refractivity contribution < 1.29 is 14.0 Å². The fraction of sp³-hybridized carbons (Fsp3) is 0.310. The highest BCUT2D eigenvalue weighted by Gasteiger charge is 2.31. The maximum absolute atomic E-state index is 14.6. The second-order valence-corrected chi connectivity index (χ2v) is 10.1. The van der Waals surface area contributed by atoms with E-state index in [0.29, 0.717) is 17.7 Å². The second-order valence-electron chi connectivity index (χ2n) is 8.89. The predicted octanol–water partition coefficient (Wildman–Crippen LogP) is 5.78. The van der Waals surface area contributed by atoms with Crippen molar-refractivity contribution in [3.05, 3.63) is 101 Å².